The molecule has 0 saturated heterocycles. The minimum Gasteiger partial charge on any atom is -0.296 e. The quantitative estimate of drug-likeness (QED) is 0.844. The summed E-state index contributed by atoms with van der Waals surface area (Å²) in [5.74, 6) is -0.429. The zero-order chi connectivity index (χ0) is 18.0. The second-order valence-electron chi connectivity index (χ2n) is 6.19. The van der Waals surface area contributed by atoms with Gasteiger partial charge in [0.2, 0.25) is 15.2 Å². The highest BCUT2D eigenvalue weighted by Crippen LogP contribution is 2.18. The maximum absolute atomic E-state index is 12.4. The molecule has 130 valence electrons. The molecule has 0 unspecified atom stereocenters. The van der Waals surface area contributed by atoms with Crippen LogP contribution in [0.2, 0.25) is 0 Å². The van der Waals surface area contributed by atoms with Crippen LogP contribution in [0.1, 0.15) is 43.1 Å². The Labute approximate surface area is 145 Å². The molecule has 2 N–H and O–H groups in total. The fourth-order valence-electron chi connectivity index (χ4n) is 1.88. The van der Waals surface area contributed by atoms with E-state index in [0.29, 0.717) is 5.13 Å². The van der Waals surface area contributed by atoms with Gasteiger partial charge in [0.05, 0.1) is 4.90 Å². The Bertz CT molecular complexity index is 838. The summed E-state index contributed by atoms with van der Waals surface area (Å²) in [5, 5.41) is 11.6. The number of hydrogen-bond acceptors (Lipinski definition) is 6. The van der Waals surface area contributed by atoms with Gasteiger partial charge in [-0.3, -0.25) is 10.1 Å². The average Bonchev–Trinajstić information content (AvgIpc) is 2.92. The van der Waals surface area contributed by atoms with Gasteiger partial charge < -0.3 is 0 Å². The van der Waals surface area contributed by atoms with Crippen molar-refractivity contribution in [1.82, 2.24) is 14.9 Å². The number of amides is 1. The maximum Gasteiger partial charge on any atom is 0.257 e. The molecule has 0 aliphatic rings. The molecule has 0 aliphatic carbocycles. The summed E-state index contributed by atoms with van der Waals surface area (Å²) in [6, 6.07) is 5.87. The highest BCUT2D eigenvalue weighted by Gasteiger charge is 2.23. The first kappa shape index (κ1) is 18.5. The van der Waals surface area contributed by atoms with Crippen molar-refractivity contribution in [3.05, 3.63) is 34.8 Å². The molecule has 1 amide bonds. The standard InChI is InChI=1S/C15H20N4O3S2/c1-5-12-17-18-14(23-12)16-13(20)10-7-6-8-11(9-10)24(21,22)19-15(2,3)4/h6-9,19H,5H2,1-4H3,(H,16,18,20). The molecule has 1 heterocycles. The van der Waals surface area contributed by atoms with E-state index in [1.54, 1.807) is 26.8 Å². The normalized spacial score (nSPS) is 12.2. The zero-order valence-electron chi connectivity index (χ0n) is 14.0. The third kappa shape index (κ3) is 4.83. The minimum absolute atomic E-state index is 0.0385. The Hall–Kier alpha value is -1.84. The van der Waals surface area contributed by atoms with E-state index in [1.165, 1.54) is 29.5 Å². The third-order valence-electron chi connectivity index (χ3n) is 2.84. The lowest BCUT2D eigenvalue weighted by atomic mass is 10.1. The predicted molar refractivity (Wildman–Crippen MR) is 93.8 cm³/mol. The van der Waals surface area contributed by atoms with Gasteiger partial charge in [-0.05, 0) is 45.4 Å². The summed E-state index contributed by atoms with van der Waals surface area (Å²) >= 11 is 1.29. The van der Waals surface area contributed by atoms with Crippen molar-refractivity contribution in [2.24, 2.45) is 0 Å². The molecule has 0 fully saturated rings. The molecule has 24 heavy (non-hydrogen) atoms. The average molecular weight is 368 g/mol. The smallest absolute Gasteiger partial charge is 0.257 e. The molecular weight excluding hydrogens is 348 g/mol. The van der Waals surface area contributed by atoms with Crippen LogP contribution in [-0.4, -0.2) is 30.1 Å². The van der Waals surface area contributed by atoms with Gasteiger partial charge in [-0.1, -0.05) is 24.3 Å². The first-order valence-corrected chi connectivity index (χ1v) is 9.68. The molecule has 0 saturated carbocycles. The van der Waals surface area contributed by atoms with E-state index in [9.17, 15) is 13.2 Å². The molecule has 0 aliphatic heterocycles. The Morgan fingerprint density at radius 3 is 2.54 bits per heavy atom. The monoisotopic (exact) mass is 368 g/mol. The SMILES string of the molecule is CCc1nnc(NC(=O)c2cccc(S(=O)(=O)NC(C)(C)C)c2)s1. The number of carbonyl (C=O) groups excluding carboxylic acids is 1. The number of aromatic nitrogens is 2. The molecule has 0 atom stereocenters. The lowest BCUT2D eigenvalue weighted by Gasteiger charge is -2.20. The zero-order valence-corrected chi connectivity index (χ0v) is 15.6. The number of benzene rings is 1. The van der Waals surface area contributed by atoms with Gasteiger partial charge in [0.1, 0.15) is 5.01 Å². The van der Waals surface area contributed by atoms with Crippen LogP contribution in [0.25, 0.3) is 0 Å². The molecule has 0 bridgehead atoms. The van der Waals surface area contributed by atoms with Crippen molar-refractivity contribution in [2.75, 3.05) is 5.32 Å². The van der Waals surface area contributed by atoms with Gasteiger partial charge in [-0.2, -0.15) is 0 Å². The summed E-state index contributed by atoms with van der Waals surface area (Å²) < 4.78 is 27.3. The van der Waals surface area contributed by atoms with E-state index in [2.05, 4.69) is 20.2 Å². The van der Waals surface area contributed by atoms with Crippen LogP contribution in [0.4, 0.5) is 5.13 Å². The second kappa shape index (κ2) is 6.96. The first-order valence-electron chi connectivity index (χ1n) is 7.38. The number of aryl methyl sites for hydroxylation is 1. The summed E-state index contributed by atoms with van der Waals surface area (Å²) in [4.78, 5) is 12.3. The van der Waals surface area contributed by atoms with Crippen LogP contribution in [-0.2, 0) is 16.4 Å². The Morgan fingerprint density at radius 2 is 1.96 bits per heavy atom. The van der Waals surface area contributed by atoms with E-state index in [4.69, 9.17) is 0 Å². The van der Waals surface area contributed by atoms with Gasteiger partial charge in [0.25, 0.3) is 5.91 Å². The minimum atomic E-state index is -3.70. The number of anilines is 1. The van der Waals surface area contributed by atoms with Gasteiger partial charge in [-0.15, -0.1) is 10.2 Å². The Kier molecular flexibility index (Phi) is 5.36. The summed E-state index contributed by atoms with van der Waals surface area (Å²) in [6.07, 6.45) is 0.736. The summed E-state index contributed by atoms with van der Waals surface area (Å²) in [6.45, 7) is 7.20. The molecule has 2 rings (SSSR count). The van der Waals surface area contributed by atoms with E-state index in [-0.39, 0.29) is 10.5 Å². The number of sulfonamides is 1. The number of hydrogen-bond donors (Lipinski definition) is 2. The van der Waals surface area contributed by atoms with E-state index in [0.717, 1.165) is 11.4 Å². The fraction of sp³-hybridized carbons (Fsp3) is 0.400. The van der Waals surface area contributed by atoms with Crippen LogP contribution in [0, 0.1) is 0 Å². The van der Waals surface area contributed by atoms with E-state index >= 15 is 0 Å². The topological polar surface area (TPSA) is 101 Å². The van der Waals surface area contributed by atoms with Crippen molar-refractivity contribution in [3.63, 3.8) is 0 Å². The molecule has 0 spiro atoms. The molecule has 1 aromatic carbocycles. The van der Waals surface area contributed by atoms with Crippen molar-refractivity contribution in [3.8, 4) is 0 Å². The van der Waals surface area contributed by atoms with Crippen LogP contribution >= 0.6 is 11.3 Å². The van der Waals surface area contributed by atoms with Gasteiger partial charge >= 0.3 is 0 Å². The third-order valence-corrected chi connectivity index (χ3v) is 5.58. The molecule has 7 nitrogen and oxygen atoms in total. The lowest BCUT2D eigenvalue weighted by Crippen LogP contribution is -2.40. The van der Waals surface area contributed by atoms with E-state index < -0.39 is 21.5 Å². The molecule has 9 heteroatoms. The van der Waals surface area contributed by atoms with Crippen molar-refractivity contribution < 1.29 is 13.2 Å². The largest absolute Gasteiger partial charge is 0.296 e. The summed E-state index contributed by atoms with van der Waals surface area (Å²) in [7, 11) is -3.70. The predicted octanol–water partition coefficient (Wildman–Crippen LogP) is 2.43. The van der Waals surface area contributed by atoms with Crippen LogP contribution in [0.5, 0.6) is 0 Å². The van der Waals surface area contributed by atoms with Crippen LogP contribution in [0.15, 0.2) is 29.2 Å². The Morgan fingerprint density at radius 1 is 1.25 bits per heavy atom. The number of nitrogens with zero attached hydrogens (tertiary/aromatic N) is 2. The van der Waals surface area contributed by atoms with Crippen LogP contribution < -0.4 is 10.0 Å². The summed E-state index contributed by atoms with van der Waals surface area (Å²) in [5.41, 5.74) is -0.375. The molecule has 1 aromatic heterocycles. The lowest BCUT2D eigenvalue weighted by molar-refractivity contribution is 0.102. The van der Waals surface area contributed by atoms with Crippen molar-refractivity contribution in [2.45, 2.75) is 44.6 Å². The van der Waals surface area contributed by atoms with Gasteiger partial charge in [0.15, 0.2) is 0 Å². The van der Waals surface area contributed by atoms with Gasteiger partial charge in [0, 0.05) is 11.1 Å². The molecular formula is C15H20N4O3S2. The number of carbonyl (C=O) groups is 1. The first-order chi connectivity index (χ1) is 11.1. The number of rotatable bonds is 5. The number of nitrogens with one attached hydrogen (secondary N) is 2. The highest BCUT2D eigenvalue weighted by atomic mass is 32.2. The van der Waals surface area contributed by atoms with E-state index in [1.807, 2.05) is 6.92 Å². The van der Waals surface area contributed by atoms with Crippen molar-refractivity contribution >= 4 is 32.4 Å². The van der Waals surface area contributed by atoms with Crippen LogP contribution in [0.3, 0.4) is 0 Å². The van der Waals surface area contributed by atoms with Gasteiger partial charge in [-0.25, -0.2) is 13.1 Å². The molecule has 2 aromatic rings. The fourth-order valence-corrected chi connectivity index (χ4v) is 4.02. The maximum atomic E-state index is 12.4. The highest BCUT2D eigenvalue weighted by molar-refractivity contribution is 7.89. The Balaban J connectivity index is 2.22. The second-order valence-corrected chi connectivity index (χ2v) is 8.94. The molecule has 0 radical (unpaired) electrons. The van der Waals surface area contributed by atoms with Crippen molar-refractivity contribution in [1.29, 1.82) is 0 Å².